The highest BCUT2D eigenvalue weighted by atomic mass is 35.5. The normalized spacial score (nSPS) is 16.8. The number of likely N-dealkylation sites (tertiary alicyclic amines) is 1. The molecular weight excluding hydrogens is 507 g/mol. The summed E-state index contributed by atoms with van der Waals surface area (Å²) < 4.78 is 31.2. The van der Waals surface area contributed by atoms with Crippen molar-refractivity contribution in [1.29, 1.82) is 0 Å². The monoisotopic (exact) mass is 528 g/mol. The molecule has 0 radical (unpaired) electrons. The first-order valence-corrected chi connectivity index (χ1v) is 13.3. The van der Waals surface area contributed by atoms with Crippen molar-refractivity contribution in [3.8, 4) is 5.75 Å². The maximum Gasteiger partial charge on any atom is 0.342 e. The van der Waals surface area contributed by atoms with Gasteiger partial charge in [0.2, 0.25) is 0 Å². The molecule has 3 aromatic rings. The fourth-order valence-corrected chi connectivity index (χ4v) is 6.65. The number of thiazole rings is 1. The fraction of sp³-hybridized carbons (Fsp3) is 0.333. The van der Waals surface area contributed by atoms with Crippen molar-refractivity contribution in [2.45, 2.75) is 30.2 Å². The molecule has 0 spiro atoms. The Balaban J connectivity index is 1.40. The van der Waals surface area contributed by atoms with Crippen LogP contribution in [-0.2, 0) is 10.1 Å². The zero-order valence-corrected chi connectivity index (χ0v) is 20.8. The van der Waals surface area contributed by atoms with Crippen molar-refractivity contribution in [2.24, 2.45) is 0 Å². The Bertz CT molecular complexity index is 1260. The standard InChI is InChI=1S/C21H22Cl2N4O4S2/c1-27-11-3-4-13(27)9-10-24-20(28)26-21-25-17-8-7-14(12-18(17)32-21)31-33(29,30)19-15(22)5-2-6-16(19)23/h2,5-8,12-13H,3-4,9-11H2,1H3,(H2,24,25,26,28). The number of carbonyl (C=O) groups is 1. The third-order valence-electron chi connectivity index (χ3n) is 5.39. The lowest BCUT2D eigenvalue weighted by molar-refractivity contribution is 0.248. The maximum atomic E-state index is 12.7. The zero-order valence-electron chi connectivity index (χ0n) is 17.7. The number of hydrogen-bond acceptors (Lipinski definition) is 7. The van der Waals surface area contributed by atoms with Gasteiger partial charge >= 0.3 is 16.1 Å². The number of halogens is 2. The molecule has 2 N–H and O–H groups in total. The minimum absolute atomic E-state index is 0.0292. The maximum absolute atomic E-state index is 12.7. The van der Waals surface area contributed by atoms with E-state index in [1.165, 1.54) is 42.0 Å². The Labute approximate surface area is 206 Å². The summed E-state index contributed by atoms with van der Waals surface area (Å²) >= 11 is 13.2. The molecule has 12 heteroatoms. The number of aromatic nitrogens is 1. The Morgan fingerprint density at radius 3 is 2.73 bits per heavy atom. The summed E-state index contributed by atoms with van der Waals surface area (Å²) in [5, 5.41) is 5.92. The van der Waals surface area contributed by atoms with Gasteiger partial charge in [0.15, 0.2) is 5.13 Å². The quantitative estimate of drug-likeness (QED) is 0.419. The van der Waals surface area contributed by atoms with E-state index in [4.69, 9.17) is 27.4 Å². The highest BCUT2D eigenvalue weighted by Gasteiger charge is 2.24. The molecule has 1 aromatic heterocycles. The van der Waals surface area contributed by atoms with Crippen LogP contribution in [0.1, 0.15) is 19.3 Å². The van der Waals surface area contributed by atoms with E-state index in [1.54, 1.807) is 12.1 Å². The van der Waals surface area contributed by atoms with Gasteiger partial charge in [-0.1, -0.05) is 40.6 Å². The number of carbonyl (C=O) groups excluding carboxylic acids is 1. The molecule has 1 saturated heterocycles. The van der Waals surface area contributed by atoms with E-state index >= 15 is 0 Å². The number of nitrogens with zero attached hydrogens (tertiary/aromatic N) is 2. The SMILES string of the molecule is CN1CCCC1CCNC(=O)Nc1nc2ccc(OS(=O)(=O)c3c(Cl)cccc3Cl)cc2s1. The predicted molar refractivity (Wildman–Crippen MR) is 131 cm³/mol. The van der Waals surface area contributed by atoms with Crippen LogP contribution in [0, 0.1) is 0 Å². The Kier molecular flexibility index (Phi) is 7.30. The molecule has 1 aliphatic rings. The first-order chi connectivity index (χ1) is 15.7. The summed E-state index contributed by atoms with van der Waals surface area (Å²) in [6, 6.07) is 9.19. The molecular formula is C21H22Cl2N4O4S2. The van der Waals surface area contributed by atoms with Crippen LogP contribution in [0.25, 0.3) is 10.2 Å². The lowest BCUT2D eigenvalue weighted by atomic mass is 10.1. The number of nitrogens with one attached hydrogen (secondary N) is 2. The Morgan fingerprint density at radius 2 is 2.03 bits per heavy atom. The molecule has 8 nitrogen and oxygen atoms in total. The van der Waals surface area contributed by atoms with Gasteiger partial charge in [0.1, 0.15) is 10.6 Å². The van der Waals surface area contributed by atoms with Crippen molar-refractivity contribution in [1.82, 2.24) is 15.2 Å². The second kappa shape index (κ2) is 10.0. The third kappa shape index (κ3) is 5.70. The van der Waals surface area contributed by atoms with E-state index in [1.807, 2.05) is 0 Å². The number of anilines is 1. The molecule has 2 aromatic carbocycles. The van der Waals surface area contributed by atoms with Crippen molar-refractivity contribution >= 4 is 66.0 Å². The van der Waals surface area contributed by atoms with E-state index in [2.05, 4.69) is 27.6 Å². The Hall–Kier alpha value is -2.11. The summed E-state index contributed by atoms with van der Waals surface area (Å²) in [7, 11) is -2.14. The van der Waals surface area contributed by atoms with Gasteiger partial charge in [-0.2, -0.15) is 8.42 Å². The topological polar surface area (TPSA) is 101 Å². The van der Waals surface area contributed by atoms with Crippen LogP contribution in [0.15, 0.2) is 41.3 Å². The van der Waals surface area contributed by atoms with Crippen LogP contribution in [0.5, 0.6) is 5.75 Å². The molecule has 1 fully saturated rings. The molecule has 0 aliphatic carbocycles. The Morgan fingerprint density at radius 1 is 1.27 bits per heavy atom. The van der Waals surface area contributed by atoms with Gasteiger partial charge in [0, 0.05) is 18.7 Å². The molecule has 4 rings (SSSR count). The fourth-order valence-electron chi connectivity index (χ4n) is 3.74. The van der Waals surface area contributed by atoms with Crippen molar-refractivity contribution in [3.05, 3.63) is 46.4 Å². The van der Waals surface area contributed by atoms with Crippen LogP contribution < -0.4 is 14.8 Å². The van der Waals surface area contributed by atoms with E-state index < -0.39 is 10.1 Å². The van der Waals surface area contributed by atoms with Gasteiger partial charge in [0.05, 0.1) is 20.3 Å². The summed E-state index contributed by atoms with van der Waals surface area (Å²) in [5.41, 5.74) is 0.600. The molecule has 0 saturated carbocycles. The van der Waals surface area contributed by atoms with Gasteiger partial charge < -0.3 is 14.4 Å². The van der Waals surface area contributed by atoms with E-state index in [0.29, 0.717) is 27.9 Å². The van der Waals surface area contributed by atoms with Crippen LogP contribution in [0.4, 0.5) is 9.93 Å². The zero-order chi connectivity index (χ0) is 23.6. The summed E-state index contributed by atoms with van der Waals surface area (Å²) in [6.45, 7) is 1.67. The van der Waals surface area contributed by atoms with Crippen molar-refractivity contribution in [2.75, 3.05) is 25.5 Å². The van der Waals surface area contributed by atoms with Gasteiger partial charge in [-0.3, -0.25) is 5.32 Å². The van der Waals surface area contributed by atoms with Crippen LogP contribution >= 0.6 is 34.5 Å². The second-order valence-electron chi connectivity index (χ2n) is 7.68. The number of benzene rings is 2. The highest BCUT2D eigenvalue weighted by molar-refractivity contribution is 7.87. The summed E-state index contributed by atoms with van der Waals surface area (Å²) in [5.74, 6) is 0.0822. The lowest BCUT2D eigenvalue weighted by Gasteiger charge is -2.19. The molecule has 2 amide bonds. The minimum Gasteiger partial charge on any atom is -0.379 e. The van der Waals surface area contributed by atoms with Crippen LogP contribution in [0.3, 0.4) is 0 Å². The average molecular weight is 529 g/mol. The largest absolute Gasteiger partial charge is 0.379 e. The first kappa shape index (κ1) is 24.0. The van der Waals surface area contributed by atoms with Crippen LogP contribution in [-0.4, -0.2) is 50.5 Å². The number of rotatable bonds is 7. The number of amides is 2. The smallest absolute Gasteiger partial charge is 0.342 e. The van der Waals surface area contributed by atoms with Gasteiger partial charge in [-0.05, 0) is 57.1 Å². The minimum atomic E-state index is -4.24. The molecule has 0 bridgehead atoms. The van der Waals surface area contributed by atoms with E-state index in [9.17, 15) is 13.2 Å². The lowest BCUT2D eigenvalue weighted by Crippen LogP contribution is -2.34. The van der Waals surface area contributed by atoms with E-state index in [0.717, 1.165) is 19.4 Å². The molecule has 33 heavy (non-hydrogen) atoms. The summed E-state index contributed by atoms with van der Waals surface area (Å²) in [4.78, 5) is 18.6. The highest BCUT2D eigenvalue weighted by Crippen LogP contribution is 2.34. The first-order valence-electron chi connectivity index (χ1n) is 10.3. The third-order valence-corrected chi connectivity index (χ3v) is 8.53. The molecule has 1 atom stereocenters. The number of hydrogen-bond donors (Lipinski definition) is 2. The molecule has 2 heterocycles. The average Bonchev–Trinajstić information content (AvgIpc) is 3.32. The second-order valence-corrected chi connectivity index (χ2v) is 11.0. The summed E-state index contributed by atoms with van der Waals surface area (Å²) in [6.07, 6.45) is 3.24. The van der Waals surface area contributed by atoms with Crippen LogP contribution in [0.2, 0.25) is 10.0 Å². The molecule has 1 aliphatic heterocycles. The molecule has 1 unspecified atom stereocenters. The van der Waals surface area contributed by atoms with Crippen molar-refractivity contribution < 1.29 is 17.4 Å². The molecule has 176 valence electrons. The van der Waals surface area contributed by atoms with E-state index in [-0.39, 0.29) is 26.7 Å². The number of fused-ring (bicyclic) bond motifs is 1. The van der Waals surface area contributed by atoms with Crippen molar-refractivity contribution in [3.63, 3.8) is 0 Å². The predicted octanol–water partition coefficient (Wildman–Crippen LogP) is 4.98. The van der Waals surface area contributed by atoms with Gasteiger partial charge in [-0.15, -0.1) is 0 Å². The van der Waals surface area contributed by atoms with Gasteiger partial charge in [0.25, 0.3) is 0 Å². The number of urea groups is 1. The van der Waals surface area contributed by atoms with Gasteiger partial charge in [-0.25, -0.2) is 9.78 Å².